The van der Waals surface area contributed by atoms with E-state index in [0.717, 1.165) is 44.1 Å². The van der Waals surface area contributed by atoms with E-state index < -0.39 is 8.32 Å². The third kappa shape index (κ3) is 13.5. The summed E-state index contributed by atoms with van der Waals surface area (Å²) < 4.78 is 12.6. The number of carbonyl (C=O) groups is 2. The Hall–Kier alpha value is -1.66. The van der Waals surface area contributed by atoms with Gasteiger partial charge in [-0.25, -0.2) is 0 Å². The molecule has 1 aliphatic heterocycles. The molecule has 1 saturated heterocycles. The van der Waals surface area contributed by atoms with Crippen molar-refractivity contribution in [3.63, 3.8) is 0 Å². The summed E-state index contributed by atoms with van der Waals surface area (Å²) in [5.41, 5.74) is 0.958. The van der Waals surface area contributed by atoms with Crippen LogP contribution >= 0.6 is 0 Å². The van der Waals surface area contributed by atoms with Crippen LogP contribution in [-0.4, -0.2) is 43.8 Å². The Balaban J connectivity index is 2.05. The summed E-state index contributed by atoms with van der Waals surface area (Å²) in [6.07, 6.45) is 19.3. The number of rotatable bonds is 23. The van der Waals surface area contributed by atoms with Gasteiger partial charge in [-0.15, -0.1) is 0 Å². The molecule has 1 fully saturated rings. The van der Waals surface area contributed by atoms with Gasteiger partial charge in [0.2, 0.25) is 5.91 Å². The minimum atomic E-state index is -1.99. The fourth-order valence-corrected chi connectivity index (χ4v) is 7.36. The lowest BCUT2D eigenvalue weighted by Crippen LogP contribution is -2.63. The van der Waals surface area contributed by atoms with Crippen molar-refractivity contribution in [1.29, 1.82) is 0 Å². The van der Waals surface area contributed by atoms with Gasteiger partial charge in [0, 0.05) is 12.1 Å². The van der Waals surface area contributed by atoms with Crippen molar-refractivity contribution in [3.05, 3.63) is 35.9 Å². The number of esters is 1. The zero-order chi connectivity index (χ0) is 31.7. The number of nitrogens with zero attached hydrogens (tertiary/aromatic N) is 1. The van der Waals surface area contributed by atoms with Gasteiger partial charge in [0.1, 0.15) is 13.2 Å². The summed E-state index contributed by atoms with van der Waals surface area (Å²) in [6.45, 7) is 16.3. The number of β-lactam (4-membered cyclic amide) rings is 1. The molecule has 1 aliphatic rings. The zero-order valence-electron chi connectivity index (χ0n) is 28.9. The van der Waals surface area contributed by atoms with Crippen molar-refractivity contribution in [3.8, 4) is 0 Å². The van der Waals surface area contributed by atoms with Crippen LogP contribution in [-0.2, 0) is 25.4 Å². The van der Waals surface area contributed by atoms with Gasteiger partial charge in [0.15, 0.2) is 8.32 Å². The summed E-state index contributed by atoms with van der Waals surface area (Å²) >= 11 is 0. The minimum Gasteiger partial charge on any atom is -0.459 e. The monoisotopic (exact) mass is 615 g/mol. The zero-order valence-corrected chi connectivity index (χ0v) is 29.9. The van der Waals surface area contributed by atoms with Crippen LogP contribution in [0.5, 0.6) is 0 Å². The van der Waals surface area contributed by atoms with E-state index in [-0.39, 0.29) is 48.1 Å². The standard InChI is InChI=1S/C37H65NO4Si/c1-8-10-12-14-15-16-17-18-22-26-32(42-43(6,7)37(3,4)5)28-34-33(27-23-13-11-9-2)36(40)38(34)29-35(39)41-30-31-24-20-19-21-25-31/h19-21,24-25,32-34H,8-18,22-23,26-30H2,1-7H3/t32-,33+,34+/m1/s1. The second-order valence-corrected chi connectivity index (χ2v) is 19.2. The number of likely N-dealkylation sites (tertiary alicyclic amines) is 1. The third-order valence-corrected chi connectivity index (χ3v) is 14.3. The predicted octanol–water partition coefficient (Wildman–Crippen LogP) is 10.2. The maximum Gasteiger partial charge on any atom is 0.325 e. The molecule has 6 heteroatoms. The molecule has 0 spiro atoms. The summed E-state index contributed by atoms with van der Waals surface area (Å²) in [4.78, 5) is 28.1. The Morgan fingerprint density at radius 2 is 1.42 bits per heavy atom. The number of carbonyl (C=O) groups excluding carboxylic acids is 2. The summed E-state index contributed by atoms with van der Waals surface area (Å²) in [6, 6.07) is 9.78. The number of unbranched alkanes of at least 4 members (excludes halogenated alkanes) is 11. The molecular weight excluding hydrogens is 550 g/mol. The number of amides is 1. The maximum atomic E-state index is 13.4. The molecule has 0 N–H and O–H groups in total. The van der Waals surface area contributed by atoms with E-state index in [2.05, 4.69) is 47.7 Å². The smallest absolute Gasteiger partial charge is 0.325 e. The fourth-order valence-electron chi connectivity index (χ4n) is 5.96. The number of ether oxygens (including phenoxy) is 1. The Morgan fingerprint density at radius 1 is 0.860 bits per heavy atom. The number of hydrogen-bond acceptors (Lipinski definition) is 4. The molecule has 43 heavy (non-hydrogen) atoms. The second kappa shape index (κ2) is 19.7. The lowest BCUT2D eigenvalue weighted by atomic mass is 9.79. The van der Waals surface area contributed by atoms with Crippen LogP contribution in [0, 0.1) is 5.92 Å². The molecule has 2 rings (SSSR count). The van der Waals surface area contributed by atoms with Crippen LogP contribution in [0.2, 0.25) is 18.1 Å². The molecule has 1 heterocycles. The molecule has 0 aromatic heterocycles. The van der Waals surface area contributed by atoms with Gasteiger partial charge in [-0.3, -0.25) is 9.59 Å². The first kappa shape index (κ1) is 37.5. The summed E-state index contributed by atoms with van der Waals surface area (Å²) in [5, 5.41) is 0.125. The first-order valence-corrected chi connectivity index (χ1v) is 20.6. The van der Waals surface area contributed by atoms with E-state index in [4.69, 9.17) is 9.16 Å². The SMILES string of the molecule is CCCCCCCCCCC[C@H](C[C@H]1[C@H](CCCCCC)C(=O)N1CC(=O)OCc1ccccc1)O[Si](C)(C)C(C)(C)C. The Labute approximate surface area is 266 Å². The van der Waals surface area contributed by atoms with Gasteiger partial charge >= 0.3 is 5.97 Å². The van der Waals surface area contributed by atoms with Crippen LogP contribution < -0.4 is 0 Å². The fraction of sp³-hybridized carbons (Fsp3) is 0.784. The Kier molecular flexibility index (Phi) is 17.2. The topological polar surface area (TPSA) is 55.8 Å². The highest BCUT2D eigenvalue weighted by Crippen LogP contribution is 2.41. The van der Waals surface area contributed by atoms with Crippen molar-refractivity contribution in [2.45, 2.75) is 174 Å². The van der Waals surface area contributed by atoms with E-state index >= 15 is 0 Å². The molecule has 1 aromatic rings. The quantitative estimate of drug-likeness (QED) is 0.0532. The predicted molar refractivity (Wildman–Crippen MR) is 183 cm³/mol. The van der Waals surface area contributed by atoms with Crippen LogP contribution in [0.1, 0.15) is 143 Å². The van der Waals surface area contributed by atoms with Crippen molar-refractivity contribution >= 4 is 20.2 Å². The van der Waals surface area contributed by atoms with Gasteiger partial charge in [-0.2, -0.15) is 0 Å². The van der Waals surface area contributed by atoms with E-state index in [0.29, 0.717) is 0 Å². The van der Waals surface area contributed by atoms with Crippen LogP contribution in [0.3, 0.4) is 0 Å². The highest BCUT2D eigenvalue weighted by Gasteiger charge is 2.49. The molecule has 0 aliphatic carbocycles. The average Bonchev–Trinajstić information content (AvgIpc) is 2.97. The molecule has 5 nitrogen and oxygen atoms in total. The molecule has 246 valence electrons. The molecule has 1 aromatic carbocycles. The largest absolute Gasteiger partial charge is 0.459 e. The summed E-state index contributed by atoms with van der Waals surface area (Å²) in [7, 11) is -1.99. The van der Waals surface area contributed by atoms with Crippen LogP contribution in [0.25, 0.3) is 0 Å². The van der Waals surface area contributed by atoms with E-state index in [1.54, 1.807) is 4.90 Å². The number of hydrogen-bond donors (Lipinski definition) is 0. The van der Waals surface area contributed by atoms with Crippen LogP contribution in [0.4, 0.5) is 0 Å². The van der Waals surface area contributed by atoms with Crippen molar-refractivity contribution in [2.24, 2.45) is 5.92 Å². The highest BCUT2D eigenvalue weighted by molar-refractivity contribution is 6.74. The normalized spacial score (nSPS) is 18.0. The van der Waals surface area contributed by atoms with Crippen molar-refractivity contribution in [1.82, 2.24) is 4.90 Å². The Bertz CT molecular complexity index is 913. The van der Waals surface area contributed by atoms with Crippen LogP contribution in [0.15, 0.2) is 30.3 Å². The highest BCUT2D eigenvalue weighted by atomic mass is 28.4. The third-order valence-electron chi connectivity index (χ3n) is 9.78. The van der Waals surface area contributed by atoms with Crippen molar-refractivity contribution < 1.29 is 18.8 Å². The molecule has 1 amide bonds. The second-order valence-electron chi connectivity index (χ2n) is 14.5. The van der Waals surface area contributed by atoms with Crippen molar-refractivity contribution in [2.75, 3.05) is 6.54 Å². The lowest BCUT2D eigenvalue weighted by Gasteiger charge is -2.49. The van der Waals surface area contributed by atoms with Gasteiger partial charge in [0.25, 0.3) is 0 Å². The minimum absolute atomic E-state index is 0.00702. The van der Waals surface area contributed by atoms with Gasteiger partial charge < -0.3 is 14.1 Å². The van der Waals surface area contributed by atoms with Gasteiger partial charge in [-0.1, -0.05) is 148 Å². The maximum absolute atomic E-state index is 13.4. The Morgan fingerprint density at radius 3 is 2.00 bits per heavy atom. The molecular formula is C37H65NO4Si. The van der Waals surface area contributed by atoms with E-state index in [9.17, 15) is 9.59 Å². The van der Waals surface area contributed by atoms with E-state index in [1.807, 2.05) is 30.3 Å². The lowest BCUT2D eigenvalue weighted by molar-refractivity contribution is -0.167. The first-order chi connectivity index (χ1) is 20.5. The van der Waals surface area contributed by atoms with E-state index in [1.165, 1.54) is 64.2 Å². The first-order valence-electron chi connectivity index (χ1n) is 17.7. The molecule has 0 unspecified atom stereocenters. The molecule has 0 bridgehead atoms. The molecule has 0 saturated carbocycles. The molecule has 0 radical (unpaired) electrons. The average molecular weight is 616 g/mol. The van der Waals surface area contributed by atoms with Gasteiger partial charge in [0.05, 0.1) is 5.92 Å². The van der Waals surface area contributed by atoms with Gasteiger partial charge in [-0.05, 0) is 43.0 Å². The summed E-state index contributed by atoms with van der Waals surface area (Å²) in [5.74, 6) is -0.216. The number of benzene rings is 1. The molecule has 3 atom stereocenters.